The number of hydrogen-bond acceptors (Lipinski definition) is 2. The highest BCUT2D eigenvalue weighted by Crippen LogP contribution is 2.28. The number of halogens is 1. The van der Waals surface area contributed by atoms with Crippen LogP contribution in [0.3, 0.4) is 0 Å². The lowest BCUT2D eigenvalue weighted by Gasteiger charge is -2.30. The molecule has 0 bridgehead atoms. The SMILES string of the molecule is CCNC(=NCCCCN1CCC(C)CC1)NC1CC1C.I. The van der Waals surface area contributed by atoms with Gasteiger partial charge in [-0.3, -0.25) is 4.99 Å². The van der Waals surface area contributed by atoms with Crippen molar-refractivity contribution < 1.29 is 0 Å². The van der Waals surface area contributed by atoms with E-state index in [0.29, 0.717) is 6.04 Å². The first-order valence-corrected chi connectivity index (χ1v) is 8.96. The largest absolute Gasteiger partial charge is 0.357 e. The molecule has 0 aromatic heterocycles. The van der Waals surface area contributed by atoms with E-state index in [4.69, 9.17) is 4.99 Å². The third-order valence-corrected chi connectivity index (χ3v) is 4.80. The Kier molecular flexibility index (Phi) is 9.71. The molecule has 1 heterocycles. The molecule has 1 aliphatic heterocycles. The van der Waals surface area contributed by atoms with Crippen LogP contribution in [0.4, 0.5) is 0 Å². The molecule has 5 heteroatoms. The second-order valence-corrected chi connectivity index (χ2v) is 6.96. The van der Waals surface area contributed by atoms with Crippen LogP contribution in [0.1, 0.15) is 52.9 Å². The average Bonchev–Trinajstić information content (AvgIpc) is 3.16. The Morgan fingerprint density at radius 3 is 2.45 bits per heavy atom. The van der Waals surface area contributed by atoms with E-state index in [9.17, 15) is 0 Å². The molecule has 1 aliphatic carbocycles. The normalized spacial score (nSPS) is 26.4. The second-order valence-electron chi connectivity index (χ2n) is 6.96. The molecule has 2 atom stereocenters. The number of aliphatic imine (C=N–C) groups is 1. The van der Waals surface area contributed by atoms with Crippen molar-refractivity contribution in [3.8, 4) is 0 Å². The number of unbranched alkanes of at least 4 members (excludes halogenated alkanes) is 1. The summed E-state index contributed by atoms with van der Waals surface area (Å²) in [6.07, 6.45) is 6.52. The summed E-state index contributed by atoms with van der Waals surface area (Å²) in [5.74, 6) is 2.76. The molecule has 0 amide bonds. The van der Waals surface area contributed by atoms with Crippen LogP contribution in [0.5, 0.6) is 0 Å². The van der Waals surface area contributed by atoms with Gasteiger partial charge in [0.15, 0.2) is 5.96 Å². The summed E-state index contributed by atoms with van der Waals surface area (Å²) in [6.45, 7) is 12.5. The molecule has 2 unspecified atom stereocenters. The standard InChI is InChI=1S/C17H34N4.HI/c1-4-18-17(20-16-13-15(16)3)19-9-5-6-10-21-11-7-14(2)8-12-21;/h14-16H,4-13H2,1-3H3,(H2,18,19,20);1H. The summed E-state index contributed by atoms with van der Waals surface area (Å²) in [5, 5.41) is 6.86. The zero-order valence-corrected chi connectivity index (χ0v) is 16.9. The highest BCUT2D eigenvalue weighted by molar-refractivity contribution is 14.0. The zero-order valence-electron chi connectivity index (χ0n) is 14.6. The van der Waals surface area contributed by atoms with E-state index in [2.05, 4.69) is 36.3 Å². The van der Waals surface area contributed by atoms with Crippen molar-refractivity contribution in [2.75, 3.05) is 32.7 Å². The molecule has 0 radical (unpaired) electrons. The van der Waals surface area contributed by atoms with Gasteiger partial charge in [0, 0.05) is 19.1 Å². The minimum atomic E-state index is 0. The first-order chi connectivity index (χ1) is 10.2. The third kappa shape index (κ3) is 7.49. The van der Waals surface area contributed by atoms with Crippen LogP contribution in [-0.4, -0.2) is 49.6 Å². The van der Waals surface area contributed by atoms with Crippen LogP contribution >= 0.6 is 24.0 Å². The fraction of sp³-hybridized carbons (Fsp3) is 0.941. The maximum atomic E-state index is 4.70. The Morgan fingerprint density at radius 1 is 1.18 bits per heavy atom. The number of guanidine groups is 1. The molecule has 1 saturated carbocycles. The summed E-state index contributed by atoms with van der Waals surface area (Å²) in [4.78, 5) is 7.32. The fourth-order valence-corrected chi connectivity index (χ4v) is 2.94. The van der Waals surface area contributed by atoms with Crippen molar-refractivity contribution in [3.05, 3.63) is 0 Å². The van der Waals surface area contributed by atoms with Gasteiger partial charge in [0.05, 0.1) is 0 Å². The number of hydrogen-bond donors (Lipinski definition) is 2. The zero-order chi connectivity index (χ0) is 15.1. The number of likely N-dealkylation sites (tertiary alicyclic amines) is 1. The highest BCUT2D eigenvalue weighted by atomic mass is 127. The molecular formula is C17H35IN4. The Bertz CT molecular complexity index is 327. The third-order valence-electron chi connectivity index (χ3n) is 4.80. The first-order valence-electron chi connectivity index (χ1n) is 8.96. The maximum absolute atomic E-state index is 4.70. The Labute approximate surface area is 153 Å². The lowest BCUT2D eigenvalue weighted by molar-refractivity contribution is 0.190. The van der Waals surface area contributed by atoms with Gasteiger partial charge in [-0.05, 0) is 70.5 Å². The topological polar surface area (TPSA) is 39.7 Å². The van der Waals surface area contributed by atoms with Crippen LogP contribution in [0.25, 0.3) is 0 Å². The van der Waals surface area contributed by atoms with Crippen LogP contribution in [-0.2, 0) is 0 Å². The van der Waals surface area contributed by atoms with Gasteiger partial charge in [-0.2, -0.15) is 0 Å². The molecule has 2 fully saturated rings. The molecule has 2 rings (SSSR count). The number of rotatable bonds is 7. The first kappa shape index (κ1) is 20.0. The van der Waals surface area contributed by atoms with E-state index in [-0.39, 0.29) is 24.0 Å². The molecule has 130 valence electrons. The fourth-order valence-electron chi connectivity index (χ4n) is 2.94. The maximum Gasteiger partial charge on any atom is 0.191 e. The summed E-state index contributed by atoms with van der Waals surface area (Å²) in [7, 11) is 0. The van der Waals surface area contributed by atoms with E-state index in [0.717, 1.165) is 30.9 Å². The number of nitrogens with zero attached hydrogens (tertiary/aromatic N) is 2. The van der Waals surface area contributed by atoms with Crippen molar-refractivity contribution in [3.63, 3.8) is 0 Å². The van der Waals surface area contributed by atoms with Crippen molar-refractivity contribution in [1.29, 1.82) is 0 Å². The van der Waals surface area contributed by atoms with Gasteiger partial charge in [-0.15, -0.1) is 24.0 Å². The molecule has 2 aliphatic rings. The molecule has 2 N–H and O–H groups in total. The van der Waals surface area contributed by atoms with Crippen LogP contribution in [0.2, 0.25) is 0 Å². The number of piperidine rings is 1. The molecule has 22 heavy (non-hydrogen) atoms. The lowest BCUT2D eigenvalue weighted by Crippen LogP contribution is -2.39. The number of nitrogens with one attached hydrogen (secondary N) is 2. The van der Waals surface area contributed by atoms with Gasteiger partial charge in [-0.1, -0.05) is 13.8 Å². The van der Waals surface area contributed by atoms with E-state index in [1.165, 1.54) is 51.7 Å². The summed E-state index contributed by atoms with van der Waals surface area (Å²) >= 11 is 0. The predicted octanol–water partition coefficient (Wildman–Crippen LogP) is 3.08. The molecule has 4 nitrogen and oxygen atoms in total. The van der Waals surface area contributed by atoms with Crippen LogP contribution < -0.4 is 10.6 Å². The van der Waals surface area contributed by atoms with E-state index < -0.39 is 0 Å². The lowest BCUT2D eigenvalue weighted by atomic mass is 9.99. The van der Waals surface area contributed by atoms with Crippen LogP contribution in [0, 0.1) is 11.8 Å². The van der Waals surface area contributed by atoms with E-state index in [1.54, 1.807) is 0 Å². The van der Waals surface area contributed by atoms with Crippen molar-refractivity contribution in [2.24, 2.45) is 16.8 Å². The molecule has 0 spiro atoms. The molecular weight excluding hydrogens is 387 g/mol. The molecule has 1 saturated heterocycles. The molecule has 0 aromatic rings. The minimum absolute atomic E-state index is 0. The molecule has 0 aromatic carbocycles. The smallest absolute Gasteiger partial charge is 0.191 e. The van der Waals surface area contributed by atoms with E-state index >= 15 is 0 Å². The minimum Gasteiger partial charge on any atom is -0.357 e. The second kappa shape index (κ2) is 10.7. The van der Waals surface area contributed by atoms with Gasteiger partial charge >= 0.3 is 0 Å². The highest BCUT2D eigenvalue weighted by Gasteiger charge is 2.33. The summed E-state index contributed by atoms with van der Waals surface area (Å²) in [5.41, 5.74) is 0. The van der Waals surface area contributed by atoms with Gasteiger partial charge in [0.1, 0.15) is 0 Å². The van der Waals surface area contributed by atoms with Gasteiger partial charge < -0.3 is 15.5 Å². The Morgan fingerprint density at radius 2 is 1.86 bits per heavy atom. The predicted molar refractivity (Wildman–Crippen MR) is 106 cm³/mol. The van der Waals surface area contributed by atoms with E-state index in [1.807, 2.05) is 0 Å². The van der Waals surface area contributed by atoms with Crippen molar-refractivity contribution in [2.45, 2.75) is 58.9 Å². The monoisotopic (exact) mass is 422 g/mol. The quantitative estimate of drug-likeness (QED) is 0.287. The Hall–Kier alpha value is -0.0400. The average molecular weight is 422 g/mol. The van der Waals surface area contributed by atoms with Crippen molar-refractivity contribution >= 4 is 29.9 Å². The Balaban J connectivity index is 0.00000242. The van der Waals surface area contributed by atoms with Gasteiger partial charge in [0.25, 0.3) is 0 Å². The van der Waals surface area contributed by atoms with Gasteiger partial charge in [0.2, 0.25) is 0 Å². The van der Waals surface area contributed by atoms with Crippen LogP contribution in [0.15, 0.2) is 4.99 Å². The summed E-state index contributed by atoms with van der Waals surface area (Å²) < 4.78 is 0. The van der Waals surface area contributed by atoms with Crippen molar-refractivity contribution in [1.82, 2.24) is 15.5 Å². The van der Waals surface area contributed by atoms with Gasteiger partial charge in [-0.25, -0.2) is 0 Å². The summed E-state index contributed by atoms with van der Waals surface area (Å²) in [6, 6.07) is 0.651.